The quantitative estimate of drug-likeness (QED) is 0.578. The number of nitrogen functional groups attached to an aromatic ring is 1. The van der Waals surface area contributed by atoms with Gasteiger partial charge in [0.1, 0.15) is 24.2 Å². The molecule has 3 unspecified atom stereocenters. The molecule has 3 rings (SSSR count). The summed E-state index contributed by atoms with van der Waals surface area (Å²) in [4.78, 5) is 12.3. The van der Waals surface area contributed by atoms with Crippen LogP contribution in [0.5, 0.6) is 0 Å². The molecule has 1 aliphatic rings. The SMILES string of the molecule is CNN1C(O)C(n2cnc3c(N)ncnc32)O[C@H](CC(C)C)C1O. The first-order valence-corrected chi connectivity index (χ1v) is 7.84. The zero-order valence-electron chi connectivity index (χ0n) is 13.9. The molecule has 24 heavy (non-hydrogen) atoms. The number of nitrogens with zero attached hydrogens (tertiary/aromatic N) is 5. The van der Waals surface area contributed by atoms with Gasteiger partial charge in [0.15, 0.2) is 23.9 Å². The van der Waals surface area contributed by atoms with E-state index in [1.807, 2.05) is 13.8 Å². The first kappa shape index (κ1) is 17.0. The van der Waals surface area contributed by atoms with E-state index in [0.717, 1.165) is 0 Å². The number of ether oxygens (including phenoxy) is 1. The van der Waals surface area contributed by atoms with Gasteiger partial charge in [0.2, 0.25) is 0 Å². The van der Waals surface area contributed by atoms with E-state index in [2.05, 4.69) is 20.4 Å². The minimum Gasteiger partial charge on any atom is -0.382 e. The van der Waals surface area contributed by atoms with Gasteiger partial charge in [-0.15, -0.1) is 0 Å². The number of imidazole rings is 1. The van der Waals surface area contributed by atoms with Crippen LogP contribution in [0.15, 0.2) is 12.7 Å². The zero-order valence-corrected chi connectivity index (χ0v) is 13.9. The minimum atomic E-state index is -1.14. The van der Waals surface area contributed by atoms with E-state index in [1.165, 1.54) is 17.7 Å². The van der Waals surface area contributed by atoms with Crippen LogP contribution in [0, 0.1) is 5.92 Å². The van der Waals surface area contributed by atoms with E-state index >= 15 is 0 Å². The molecule has 132 valence electrons. The third kappa shape index (κ3) is 2.82. The fourth-order valence-electron chi connectivity index (χ4n) is 2.96. The highest BCUT2D eigenvalue weighted by Gasteiger charge is 2.43. The van der Waals surface area contributed by atoms with Crippen LogP contribution in [-0.4, -0.2) is 60.3 Å². The van der Waals surface area contributed by atoms with Crippen molar-refractivity contribution < 1.29 is 14.9 Å². The number of nitrogens with two attached hydrogens (primary N) is 1. The number of aliphatic hydroxyl groups excluding tert-OH is 2. The Labute approximate surface area is 139 Å². The number of nitrogens with one attached hydrogen (secondary N) is 1. The molecule has 2 aromatic rings. The molecule has 0 aliphatic carbocycles. The normalized spacial score (nSPS) is 28.8. The number of aliphatic hydroxyl groups is 2. The largest absolute Gasteiger partial charge is 0.382 e. The molecule has 1 aliphatic heterocycles. The maximum absolute atomic E-state index is 10.6. The van der Waals surface area contributed by atoms with Crippen molar-refractivity contribution in [3.63, 3.8) is 0 Å². The Hall–Kier alpha value is -1.85. The lowest BCUT2D eigenvalue weighted by atomic mass is 10.0. The van der Waals surface area contributed by atoms with Crippen LogP contribution >= 0.6 is 0 Å². The van der Waals surface area contributed by atoms with E-state index in [9.17, 15) is 10.2 Å². The lowest BCUT2D eigenvalue weighted by molar-refractivity contribution is -0.298. The second-order valence-corrected chi connectivity index (χ2v) is 6.24. The van der Waals surface area contributed by atoms with E-state index in [1.54, 1.807) is 11.6 Å². The van der Waals surface area contributed by atoms with E-state index in [0.29, 0.717) is 23.5 Å². The van der Waals surface area contributed by atoms with E-state index in [4.69, 9.17) is 10.5 Å². The molecule has 10 heteroatoms. The maximum atomic E-state index is 10.6. The molecule has 0 aromatic carbocycles. The Morgan fingerprint density at radius 1 is 1.29 bits per heavy atom. The molecule has 2 aromatic heterocycles. The number of morpholine rings is 1. The molecule has 5 N–H and O–H groups in total. The first-order chi connectivity index (χ1) is 11.4. The average molecular weight is 337 g/mol. The van der Waals surface area contributed by atoms with Crippen LogP contribution < -0.4 is 11.2 Å². The predicted molar refractivity (Wildman–Crippen MR) is 86.0 cm³/mol. The summed E-state index contributed by atoms with van der Waals surface area (Å²) < 4.78 is 7.59. The number of anilines is 1. The van der Waals surface area contributed by atoms with Gasteiger partial charge in [0, 0.05) is 0 Å². The third-order valence-electron chi connectivity index (χ3n) is 4.09. The number of hydrazine groups is 1. The summed E-state index contributed by atoms with van der Waals surface area (Å²) in [6, 6.07) is 0. The lowest BCUT2D eigenvalue weighted by Crippen LogP contribution is -2.62. The number of fused-ring (bicyclic) bond motifs is 1. The maximum Gasteiger partial charge on any atom is 0.178 e. The highest BCUT2D eigenvalue weighted by Crippen LogP contribution is 2.32. The topological polar surface area (TPSA) is 135 Å². The van der Waals surface area contributed by atoms with E-state index < -0.39 is 24.8 Å². The van der Waals surface area contributed by atoms with Gasteiger partial charge in [0.05, 0.1) is 6.33 Å². The van der Waals surface area contributed by atoms with Crippen LogP contribution in [0.1, 0.15) is 26.5 Å². The van der Waals surface area contributed by atoms with Crippen molar-refractivity contribution in [1.29, 1.82) is 0 Å². The van der Waals surface area contributed by atoms with Gasteiger partial charge in [-0.1, -0.05) is 13.8 Å². The van der Waals surface area contributed by atoms with E-state index in [-0.39, 0.29) is 5.82 Å². The van der Waals surface area contributed by atoms with Crippen LogP contribution in [0.3, 0.4) is 0 Å². The van der Waals surface area contributed by atoms with Crippen LogP contribution in [0.2, 0.25) is 0 Å². The van der Waals surface area contributed by atoms with Crippen molar-refractivity contribution in [3.05, 3.63) is 12.7 Å². The molecular formula is C14H23N7O3. The summed E-state index contributed by atoms with van der Waals surface area (Å²) in [6.07, 6.45) is 0.0707. The zero-order chi connectivity index (χ0) is 17.4. The molecule has 0 spiro atoms. The minimum absolute atomic E-state index is 0.258. The lowest BCUT2D eigenvalue weighted by Gasteiger charge is -2.45. The smallest absolute Gasteiger partial charge is 0.178 e. The molecular weight excluding hydrogens is 314 g/mol. The van der Waals surface area contributed by atoms with Gasteiger partial charge >= 0.3 is 0 Å². The van der Waals surface area contributed by atoms with Crippen molar-refractivity contribution in [1.82, 2.24) is 30.0 Å². The Morgan fingerprint density at radius 2 is 2.04 bits per heavy atom. The first-order valence-electron chi connectivity index (χ1n) is 7.84. The van der Waals surface area contributed by atoms with Gasteiger partial charge in [0.25, 0.3) is 0 Å². The molecule has 4 atom stereocenters. The van der Waals surface area contributed by atoms with Gasteiger partial charge < -0.3 is 20.7 Å². The molecule has 0 amide bonds. The van der Waals surface area contributed by atoms with Crippen LogP contribution in [0.25, 0.3) is 11.2 Å². The molecule has 1 fully saturated rings. The summed E-state index contributed by atoms with van der Waals surface area (Å²) in [5.41, 5.74) is 9.53. The highest BCUT2D eigenvalue weighted by molar-refractivity contribution is 5.81. The summed E-state index contributed by atoms with van der Waals surface area (Å²) in [7, 11) is 1.63. The van der Waals surface area contributed by atoms with Crippen molar-refractivity contribution in [3.8, 4) is 0 Å². The fraction of sp³-hybridized carbons (Fsp3) is 0.643. The Bertz CT molecular complexity index is 707. The fourth-order valence-corrected chi connectivity index (χ4v) is 2.96. The van der Waals surface area contributed by atoms with Crippen molar-refractivity contribution in [2.75, 3.05) is 12.8 Å². The van der Waals surface area contributed by atoms with Gasteiger partial charge in [-0.25, -0.2) is 15.0 Å². The number of hydrogen-bond donors (Lipinski definition) is 4. The Balaban J connectivity index is 1.99. The number of rotatable bonds is 4. The molecule has 10 nitrogen and oxygen atoms in total. The van der Waals surface area contributed by atoms with Crippen molar-refractivity contribution >= 4 is 17.0 Å². The Morgan fingerprint density at radius 3 is 2.71 bits per heavy atom. The summed E-state index contributed by atoms with van der Waals surface area (Å²) in [5.74, 6) is 0.574. The molecule has 0 radical (unpaired) electrons. The van der Waals surface area contributed by atoms with Crippen molar-refractivity contribution in [2.45, 2.75) is 45.1 Å². The molecule has 1 saturated heterocycles. The molecule has 0 bridgehead atoms. The van der Waals surface area contributed by atoms with Gasteiger partial charge in [-0.3, -0.25) is 9.99 Å². The predicted octanol–water partition coefficient (Wildman–Crippen LogP) is -0.575. The highest BCUT2D eigenvalue weighted by atomic mass is 16.6. The standard InChI is InChI=1S/C14H23N7O3/c1-7(2)4-8-12(22)21(16-3)13(23)14(24-8)20-6-19-9-10(15)17-5-18-11(9)20/h5-8,12-14,16,22-23H,4H2,1-3H3,(H2,15,17,18)/t8-,12?,13?,14?/m1/s1. The second-order valence-electron chi connectivity index (χ2n) is 6.24. The number of aromatic nitrogens is 4. The summed E-state index contributed by atoms with van der Waals surface area (Å²) in [6.45, 7) is 4.08. The van der Waals surface area contributed by atoms with Crippen LogP contribution in [-0.2, 0) is 4.74 Å². The average Bonchev–Trinajstić information content (AvgIpc) is 2.95. The number of hydrogen-bond acceptors (Lipinski definition) is 9. The van der Waals surface area contributed by atoms with Gasteiger partial charge in [-0.2, -0.15) is 5.01 Å². The van der Waals surface area contributed by atoms with Gasteiger partial charge in [-0.05, 0) is 19.4 Å². The monoisotopic (exact) mass is 337 g/mol. The summed E-state index contributed by atoms with van der Waals surface area (Å²) >= 11 is 0. The summed E-state index contributed by atoms with van der Waals surface area (Å²) in [5, 5.41) is 22.4. The molecule has 0 saturated carbocycles. The second kappa shape index (κ2) is 6.57. The van der Waals surface area contributed by atoms with Crippen LogP contribution in [0.4, 0.5) is 5.82 Å². The molecule has 3 heterocycles. The van der Waals surface area contributed by atoms with Crippen molar-refractivity contribution in [2.24, 2.45) is 5.92 Å². The Kier molecular flexibility index (Phi) is 4.65. The third-order valence-corrected chi connectivity index (χ3v) is 4.09.